The summed E-state index contributed by atoms with van der Waals surface area (Å²) in [5.41, 5.74) is 3.93. The number of pyridine rings is 1. The molecule has 2 heterocycles. The molecule has 0 saturated carbocycles. The Bertz CT molecular complexity index is 914. The minimum atomic E-state index is 0.608. The predicted octanol–water partition coefficient (Wildman–Crippen LogP) is 4.72. The smallest absolute Gasteiger partial charge is 0.225 e. The molecule has 0 atom stereocenters. The summed E-state index contributed by atoms with van der Waals surface area (Å²) in [7, 11) is 4.14. The fraction of sp³-hybridized carbons (Fsp3) is 0.286. The quantitative estimate of drug-likeness (QED) is 0.494. The highest BCUT2D eigenvalue weighted by atomic mass is 79.9. The Labute approximate surface area is 174 Å². The molecule has 146 valence electrons. The molecule has 0 saturated heterocycles. The predicted molar refractivity (Wildman–Crippen MR) is 119 cm³/mol. The molecular formula is C21H25BrN6. The first-order valence-corrected chi connectivity index (χ1v) is 10.0. The minimum Gasteiger partial charge on any atom is -0.354 e. The van der Waals surface area contributed by atoms with Crippen LogP contribution < -0.4 is 10.6 Å². The van der Waals surface area contributed by atoms with Gasteiger partial charge in [-0.1, -0.05) is 15.9 Å². The van der Waals surface area contributed by atoms with E-state index in [9.17, 15) is 0 Å². The van der Waals surface area contributed by atoms with Crippen LogP contribution in [0.2, 0.25) is 0 Å². The fourth-order valence-corrected chi connectivity index (χ4v) is 2.96. The van der Waals surface area contributed by atoms with E-state index < -0.39 is 0 Å². The lowest BCUT2D eigenvalue weighted by Gasteiger charge is -2.13. The first-order chi connectivity index (χ1) is 13.5. The zero-order valence-electron chi connectivity index (χ0n) is 16.4. The molecular weight excluding hydrogens is 416 g/mol. The molecule has 0 spiro atoms. The van der Waals surface area contributed by atoms with E-state index in [1.54, 1.807) is 6.20 Å². The molecule has 1 aromatic carbocycles. The molecule has 0 bridgehead atoms. The lowest BCUT2D eigenvalue weighted by atomic mass is 10.2. The van der Waals surface area contributed by atoms with E-state index in [4.69, 9.17) is 0 Å². The highest BCUT2D eigenvalue weighted by molar-refractivity contribution is 9.10. The minimum absolute atomic E-state index is 0.608. The van der Waals surface area contributed by atoms with Crippen LogP contribution in [0.3, 0.4) is 0 Å². The summed E-state index contributed by atoms with van der Waals surface area (Å²) >= 11 is 3.54. The third kappa shape index (κ3) is 5.74. The Morgan fingerprint density at radius 2 is 1.96 bits per heavy atom. The maximum absolute atomic E-state index is 4.67. The Morgan fingerprint density at radius 1 is 1.11 bits per heavy atom. The zero-order chi connectivity index (χ0) is 19.9. The summed E-state index contributed by atoms with van der Waals surface area (Å²) in [5.74, 6) is 1.35. The highest BCUT2D eigenvalue weighted by Crippen LogP contribution is 2.25. The van der Waals surface area contributed by atoms with Crippen LogP contribution in [0.5, 0.6) is 0 Å². The van der Waals surface area contributed by atoms with Crippen molar-refractivity contribution in [1.82, 2.24) is 19.9 Å². The Kier molecular flexibility index (Phi) is 6.95. The van der Waals surface area contributed by atoms with E-state index in [1.807, 2.05) is 36.5 Å². The fourth-order valence-electron chi connectivity index (χ4n) is 2.72. The molecule has 6 nitrogen and oxygen atoms in total. The number of nitrogens with one attached hydrogen (secondary N) is 2. The Hall–Kier alpha value is -2.51. The van der Waals surface area contributed by atoms with Gasteiger partial charge in [-0.25, -0.2) is 4.98 Å². The van der Waals surface area contributed by atoms with Gasteiger partial charge in [0.05, 0.1) is 5.69 Å². The molecule has 0 aliphatic heterocycles. The van der Waals surface area contributed by atoms with Crippen LogP contribution in [0, 0.1) is 6.92 Å². The number of nitrogens with zero attached hydrogens (tertiary/aromatic N) is 4. The van der Waals surface area contributed by atoms with Crippen LogP contribution in [0.1, 0.15) is 12.0 Å². The lowest BCUT2D eigenvalue weighted by molar-refractivity contribution is 0.405. The molecule has 3 rings (SSSR count). The van der Waals surface area contributed by atoms with Gasteiger partial charge in [-0.05, 0) is 69.9 Å². The maximum atomic E-state index is 4.67. The Morgan fingerprint density at radius 3 is 2.68 bits per heavy atom. The van der Waals surface area contributed by atoms with Crippen molar-refractivity contribution < 1.29 is 0 Å². The van der Waals surface area contributed by atoms with Crippen molar-refractivity contribution in [2.75, 3.05) is 37.8 Å². The molecule has 0 amide bonds. The van der Waals surface area contributed by atoms with Crippen molar-refractivity contribution >= 4 is 33.4 Å². The number of anilines is 3. The molecule has 0 aliphatic rings. The van der Waals surface area contributed by atoms with E-state index in [1.165, 1.54) is 0 Å². The number of aromatic nitrogens is 3. The van der Waals surface area contributed by atoms with Crippen LogP contribution in [-0.2, 0) is 0 Å². The number of halogens is 1. The van der Waals surface area contributed by atoms with Crippen LogP contribution in [0.15, 0.2) is 53.3 Å². The van der Waals surface area contributed by atoms with Gasteiger partial charge in [-0.2, -0.15) is 4.98 Å². The molecule has 7 heteroatoms. The van der Waals surface area contributed by atoms with Crippen LogP contribution in [0.4, 0.5) is 17.5 Å². The zero-order valence-corrected chi connectivity index (χ0v) is 18.0. The van der Waals surface area contributed by atoms with Crippen LogP contribution in [0.25, 0.3) is 11.3 Å². The van der Waals surface area contributed by atoms with Gasteiger partial charge in [0, 0.05) is 40.7 Å². The standard InChI is InChI=1S/C21H25BrN6/c1-15-12-17(7-8-18(15)22)25-20-13-19(16-6-4-9-23-14-16)26-21(27-20)24-10-5-11-28(2)3/h4,6-9,12-14H,5,10-11H2,1-3H3,(H2,24,25,26,27). The lowest BCUT2D eigenvalue weighted by Crippen LogP contribution is -2.17. The van der Waals surface area contributed by atoms with Crippen molar-refractivity contribution in [3.8, 4) is 11.3 Å². The number of aryl methyl sites for hydroxylation is 1. The molecule has 2 aromatic heterocycles. The molecule has 0 unspecified atom stereocenters. The summed E-state index contributed by atoms with van der Waals surface area (Å²) < 4.78 is 1.08. The highest BCUT2D eigenvalue weighted by Gasteiger charge is 2.08. The summed E-state index contributed by atoms with van der Waals surface area (Å²) in [6, 6.07) is 12.0. The monoisotopic (exact) mass is 440 g/mol. The van der Waals surface area contributed by atoms with Gasteiger partial charge < -0.3 is 15.5 Å². The van der Waals surface area contributed by atoms with Gasteiger partial charge in [0.25, 0.3) is 0 Å². The van der Waals surface area contributed by atoms with Gasteiger partial charge in [-0.3, -0.25) is 4.98 Å². The molecule has 3 aromatic rings. The van der Waals surface area contributed by atoms with Crippen molar-refractivity contribution in [1.29, 1.82) is 0 Å². The van der Waals surface area contributed by atoms with E-state index >= 15 is 0 Å². The molecule has 0 radical (unpaired) electrons. The summed E-state index contributed by atoms with van der Waals surface area (Å²) in [6.07, 6.45) is 4.59. The van der Waals surface area contributed by atoms with E-state index in [2.05, 4.69) is 73.5 Å². The van der Waals surface area contributed by atoms with Crippen molar-refractivity contribution in [2.45, 2.75) is 13.3 Å². The summed E-state index contributed by atoms with van der Waals surface area (Å²) in [5, 5.41) is 6.73. The van der Waals surface area contributed by atoms with Gasteiger partial charge in [-0.15, -0.1) is 0 Å². The van der Waals surface area contributed by atoms with E-state index in [0.29, 0.717) is 5.95 Å². The van der Waals surface area contributed by atoms with E-state index in [-0.39, 0.29) is 0 Å². The second kappa shape index (κ2) is 9.61. The summed E-state index contributed by atoms with van der Waals surface area (Å²) in [4.78, 5) is 15.7. The maximum Gasteiger partial charge on any atom is 0.225 e. The number of hydrogen-bond donors (Lipinski definition) is 2. The average Bonchev–Trinajstić information content (AvgIpc) is 2.68. The molecule has 28 heavy (non-hydrogen) atoms. The topological polar surface area (TPSA) is 66.0 Å². The average molecular weight is 441 g/mol. The first kappa shape index (κ1) is 20.2. The van der Waals surface area contributed by atoms with Crippen molar-refractivity contribution in [3.63, 3.8) is 0 Å². The van der Waals surface area contributed by atoms with Gasteiger partial charge in [0.1, 0.15) is 5.82 Å². The normalized spacial score (nSPS) is 10.9. The van der Waals surface area contributed by atoms with Crippen LogP contribution in [-0.4, -0.2) is 47.0 Å². The van der Waals surface area contributed by atoms with E-state index in [0.717, 1.165) is 52.3 Å². The largest absolute Gasteiger partial charge is 0.354 e. The van der Waals surface area contributed by atoms with Crippen molar-refractivity contribution in [3.05, 3.63) is 58.8 Å². The second-order valence-electron chi connectivity index (χ2n) is 6.88. The molecule has 0 fully saturated rings. The van der Waals surface area contributed by atoms with Gasteiger partial charge >= 0.3 is 0 Å². The first-order valence-electron chi connectivity index (χ1n) is 9.22. The van der Waals surface area contributed by atoms with Gasteiger partial charge in [0.15, 0.2) is 0 Å². The molecule has 2 N–H and O–H groups in total. The Balaban J connectivity index is 1.85. The third-order valence-electron chi connectivity index (χ3n) is 4.18. The SMILES string of the molecule is Cc1cc(Nc2cc(-c3cccnc3)nc(NCCCN(C)C)n2)ccc1Br. The number of benzene rings is 1. The number of hydrogen-bond acceptors (Lipinski definition) is 6. The van der Waals surface area contributed by atoms with Crippen LogP contribution >= 0.6 is 15.9 Å². The van der Waals surface area contributed by atoms with Gasteiger partial charge in [0.2, 0.25) is 5.95 Å². The molecule has 0 aliphatic carbocycles. The number of rotatable bonds is 8. The third-order valence-corrected chi connectivity index (χ3v) is 5.07. The van der Waals surface area contributed by atoms with Crippen molar-refractivity contribution in [2.24, 2.45) is 0 Å². The summed E-state index contributed by atoms with van der Waals surface area (Å²) in [6.45, 7) is 3.89. The second-order valence-corrected chi connectivity index (χ2v) is 7.73.